The van der Waals surface area contributed by atoms with Gasteiger partial charge in [0.2, 0.25) is 5.91 Å². The summed E-state index contributed by atoms with van der Waals surface area (Å²) in [4.78, 5) is 23.4. The zero-order valence-corrected chi connectivity index (χ0v) is 10.8. The lowest BCUT2D eigenvalue weighted by Crippen LogP contribution is -2.37. The number of carboxylic acids is 1. The van der Waals surface area contributed by atoms with Crippen molar-refractivity contribution in [3.05, 3.63) is 34.9 Å². The average molecular weight is 271 g/mol. The predicted octanol–water partition coefficient (Wildman–Crippen LogP) is 0.973. The highest BCUT2D eigenvalue weighted by Gasteiger charge is 2.09. The number of hydrogen-bond donors (Lipinski definition) is 2. The standard InChI is InChI=1S/C12H15ClN2O3/c1-15(8-12(17)18)7-11(16)14-6-9-4-2-3-5-10(9)13/h2-5H,6-8H2,1H3,(H,14,16)(H,17,18). The number of carboxylic acid groups (broad SMARTS) is 1. The Morgan fingerprint density at radius 1 is 1.33 bits per heavy atom. The molecule has 5 nitrogen and oxygen atoms in total. The summed E-state index contributed by atoms with van der Waals surface area (Å²) in [5.41, 5.74) is 0.827. The summed E-state index contributed by atoms with van der Waals surface area (Å²) < 4.78 is 0. The minimum atomic E-state index is -0.962. The van der Waals surface area contributed by atoms with Gasteiger partial charge in [-0.1, -0.05) is 29.8 Å². The Balaban J connectivity index is 2.38. The van der Waals surface area contributed by atoms with Crippen LogP contribution in [-0.4, -0.2) is 42.0 Å². The van der Waals surface area contributed by atoms with Gasteiger partial charge in [-0.25, -0.2) is 0 Å². The second kappa shape index (κ2) is 6.98. The van der Waals surface area contributed by atoms with Crippen molar-refractivity contribution in [1.29, 1.82) is 0 Å². The van der Waals surface area contributed by atoms with E-state index in [1.807, 2.05) is 18.2 Å². The molecule has 0 aliphatic carbocycles. The Morgan fingerprint density at radius 2 is 2.00 bits per heavy atom. The van der Waals surface area contributed by atoms with Crippen LogP contribution in [0.5, 0.6) is 0 Å². The molecule has 6 heteroatoms. The van der Waals surface area contributed by atoms with Crippen LogP contribution in [0.15, 0.2) is 24.3 Å². The van der Waals surface area contributed by atoms with Crippen LogP contribution in [0, 0.1) is 0 Å². The zero-order valence-electron chi connectivity index (χ0n) is 10.0. The van der Waals surface area contributed by atoms with Crippen LogP contribution in [0.25, 0.3) is 0 Å². The number of nitrogens with one attached hydrogen (secondary N) is 1. The molecule has 0 atom stereocenters. The smallest absolute Gasteiger partial charge is 0.317 e. The van der Waals surface area contributed by atoms with Crippen LogP contribution >= 0.6 is 11.6 Å². The highest BCUT2D eigenvalue weighted by Crippen LogP contribution is 2.14. The van der Waals surface area contributed by atoms with E-state index in [0.717, 1.165) is 5.56 Å². The largest absolute Gasteiger partial charge is 0.480 e. The summed E-state index contributed by atoms with van der Waals surface area (Å²) in [5.74, 6) is -1.20. The monoisotopic (exact) mass is 270 g/mol. The van der Waals surface area contributed by atoms with Gasteiger partial charge in [0, 0.05) is 11.6 Å². The molecule has 2 N–H and O–H groups in total. The molecule has 0 aromatic heterocycles. The molecule has 0 unspecified atom stereocenters. The SMILES string of the molecule is CN(CC(=O)O)CC(=O)NCc1ccccc1Cl. The van der Waals surface area contributed by atoms with Crippen LogP contribution in [0.1, 0.15) is 5.56 Å². The maximum Gasteiger partial charge on any atom is 0.317 e. The van der Waals surface area contributed by atoms with E-state index in [-0.39, 0.29) is 19.0 Å². The van der Waals surface area contributed by atoms with E-state index in [4.69, 9.17) is 16.7 Å². The van der Waals surface area contributed by atoms with Gasteiger partial charge in [0.1, 0.15) is 0 Å². The summed E-state index contributed by atoms with van der Waals surface area (Å²) in [5, 5.41) is 11.8. The molecular weight excluding hydrogens is 256 g/mol. The molecule has 0 spiro atoms. The first-order valence-corrected chi connectivity index (χ1v) is 5.77. The first-order valence-electron chi connectivity index (χ1n) is 5.39. The van der Waals surface area contributed by atoms with Crippen molar-refractivity contribution in [3.8, 4) is 0 Å². The lowest BCUT2D eigenvalue weighted by atomic mass is 10.2. The summed E-state index contributed by atoms with van der Waals surface area (Å²) in [6.45, 7) is 0.204. The molecule has 0 aliphatic heterocycles. The van der Waals surface area contributed by atoms with Gasteiger partial charge in [-0.05, 0) is 18.7 Å². The van der Waals surface area contributed by atoms with E-state index >= 15 is 0 Å². The van der Waals surface area contributed by atoms with Crippen molar-refractivity contribution < 1.29 is 14.7 Å². The number of nitrogens with zero attached hydrogens (tertiary/aromatic N) is 1. The third kappa shape index (κ3) is 5.16. The number of halogens is 1. The molecule has 0 aliphatic rings. The van der Waals surface area contributed by atoms with Crippen molar-refractivity contribution in [2.24, 2.45) is 0 Å². The van der Waals surface area contributed by atoms with Gasteiger partial charge in [0.25, 0.3) is 0 Å². The second-order valence-corrected chi connectivity index (χ2v) is 4.34. The van der Waals surface area contributed by atoms with E-state index in [0.29, 0.717) is 11.6 Å². The summed E-state index contributed by atoms with van der Waals surface area (Å²) >= 11 is 5.94. The minimum absolute atomic E-state index is 0.0384. The predicted molar refractivity (Wildman–Crippen MR) is 68.4 cm³/mol. The maximum atomic E-state index is 11.5. The van der Waals surface area contributed by atoms with Gasteiger partial charge in [-0.2, -0.15) is 0 Å². The van der Waals surface area contributed by atoms with Crippen LogP contribution in [0.3, 0.4) is 0 Å². The Kier molecular flexibility index (Phi) is 5.61. The highest BCUT2D eigenvalue weighted by molar-refractivity contribution is 6.31. The van der Waals surface area contributed by atoms with Gasteiger partial charge in [0.15, 0.2) is 0 Å². The van der Waals surface area contributed by atoms with E-state index < -0.39 is 5.97 Å². The fraction of sp³-hybridized carbons (Fsp3) is 0.333. The van der Waals surface area contributed by atoms with E-state index in [2.05, 4.69) is 5.32 Å². The Labute approximate surface area is 110 Å². The van der Waals surface area contributed by atoms with E-state index in [1.165, 1.54) is 4.90 Å². The van der Waals surface area contributed by atoms with Crippen LogP contribution in [0.2, 0.25) is 5.02 Å². The number of likely N-dealkylation sites (N-methyl/N-ethyl adjacent to an activating group) is 1. The lowest BCUT2D eigenvalue weighted by Gasteiger charge is -2.13. The summed E-state index contributed by atoms with van der Waals surface area (Å²) in [7, 11) is 1.57. The van der Waals surface area contributed by atoms with Crippen molar-refractivity contribution in [1.82, 2.24) is 10.2 Å². The molecule has 0 radical (unpaired) electrons. The molecule has 0 bridgehead atoms. The number of carbonyl (C=O) groups is 2. The molecular formula is C12H15ClN2O3. The molecule has 1 rings (SSSR count). The fourth-order valence-corrected chi connectivity index (χ4v) is 1.63. The molecule has 1 amide bonds. The van der Waals surface area contributed by atoms with Gasteiger partial charge < -0.3 is 10.4 Å². The molecule has 98 valence electrons. The third-order valence-corrected chi connectivity index (χ3v) is 2.62. The highest BCUT2D eigenvalue weighted by atomic mass is 35.5. The maximum absolute atomic E-state index is 11.5. The van der Waals surface area contributed by atoms with Gasteiger partial charge >= 0.3 is 5.97 Å². The Bertz CT molecular complexity index is 437. The topological polar surface area (TPSA) is 69.6 Å². The van der Waals surface area contributed by atoms with Crippen molar-refractivity contribution in [2.75, 3.05) is 20.1 Å². The molecule has 0 saturated carbocycles. The molecule has 1 aromatic rings. The molecule has 0 heterocycles. The van der Waals surface area contributed by atoms with Gasteiger partial charge in [-0.15, -0.1) is 0 Å². The van der Waals surface area contributed by atoms with Gasteiger partial charge in [-0.3, -0.25) is 14.5 Å². The van der Waals surface area contributed by atoms with Crippen LogP contribution < -0.4 is 5.32 Å². The van der Waals surface area contributed by atoms with Gasteiger partial charge in [0.05, 0.1) is 13.1 Å². The third-order valence-electron chi connectivity index (χ3n) is 2.25. The first kappa shape index (κ1) is 14.5. The fourth-order valence-electron chi connectivity index (χ4n) is 1.42. The molecule has 1 aromatic carbocycles. The first-order chi connectivity index (χ1) is 8.49. The minimum Gasteiger partial charge on any atom is -0.480 e. The van der Waals surface area contributed by atoms with E-state index in [1.54, 1.807) is 13.1 Å². The normalized spacial score (nSPS) is 10.4. The average Bonchev–Trinajstić information content (AvgIpc) is 2.26. The van der Waals surface area contributed by atoms with Crippen LogP contribution in [0.4, 0.5) is 0 Å². The number of amides is 1. The number of rotatable bonds is 6. The van der Waals surface area contributed by atoms with Crippen molar-refractivity contribution in [2.45, 2.75) is 6.54 Å². The number of carbonyl (C=O) groups excluding carboxylic acids is 1. The second-order valence-electron chi connectivity index (χ2n) is 3.93. The van der Waals surface area contributed by atoms with Crippen LogP contribution in [-0.2, 0) is 16.1 Å². The zero-order chi connectivity index (χ0) is 13.5. The number of benzene rings is 1. The number of hydrogen-bond acceptors (Lipinski definition) is 3. The summed E-state index contributed by atoms with van der Waals surface area (Å²) in [6, 6.07) is 7.22. The van der Waals surface area contributed by atoms with Crippen molar-refractivity contribution in [3.63, 3.8) is 0 Å². The molecule has 18 heavy (non-hydrogen) atoms. The van der Waals surface area contributed by atoms with Crippen molar-refractivity contribution >= 4 is 23.5 Å². The van der Waals surface area contributed by atoms with E-state index in [9.17, 15) is 9.59 Å². The summed E-state index contributed by atoms with van der Waals surface area (Å²) in [6.07, 6.45) is 0. The number of aliphatic carboxylic acids is 1. The quantitative estimate of drug-likeness (QED) is 0.808. The lowest BCUT2D eigenvalue weighted by molar-refractivity contribution is -0.138. The molecule has 0 saturated heterocycles. The Hall–Kier alpha value is -1.59. The molecule has 0 fully saturated rings. The Morgan fingerprint density at radius 3 is 2.61 bits per heavy atom.